The second-order valence-corrected chi connectivity index (χ2v) is 7.42. The fourth-order valence-corrected chi connectivity index (χ4v) is 4.03. The van der Waals surface area contributed by atoms with E-state index in [1.807, 2.05) is 24.3 Å². The number of hydrogen-bond donors (Lipinski definition) is 1. The molecule has 5 rings (SSSR count). The molecule has 1 aromatic carbocycles. The van der Waals surface area contributed by atoms with Crippen LogP contribution in [0.4, 0.5) is 19.0 Å². The second-order valence-electron chi connectivity index (χ2n) is 7.42. The Hall–Kier alpha value is -3.16. The molecule has 2 atom stereocenters. The maximum Gasteiger partial charge on any atom is 0.438 e. The summed E-state index contributed by atoms with van der Waals surface area (Å²) in [5.74, 6) is 0.670. The Morgan fingerprint density at radius 2 is 1.97 bits per heavy atom. The van der Waals surface area contributed by atoms with Gasteiger partial charge < -0.3 is 14.5 Å². The molecule has 1 unspecified atom stereocenters. The summed E-state index contributed by atoms with van der Waals surface area (Å²) >= 11 is 0. The number of para-hydroxylation sites is 1. The van der Waals surface area contributed by atoms with Crippen molar-refractivity contribution in [1.82, 2.24) is 19.9 Å². The van der Waals surface area contributed by atoms with Crippen LogP contribution in [0.3, 0.4) is 0 Å². The largest absolute Gasteiger partial charge is 0.492 e. The minimum absolute atomic E-state index is 0.0168. The lowest BCUT2D eigenvalue weighted by molar-refractivity contribution is -0.140. The normalized spacial score (nSPS) is 21.8. The van der Waals surface area contributed by atoms with Gasteiger partial charge in [0.05, 0.1) is 19.3 Å². The van der Waals surface area contributed by atoms with Gasteiger partial charge in [0.15, 0.2) is 11.7 Å². The van der Waals surface area contributed by atoms with Crippen molar-refractivity contribution in [2.75, 3.05) is 32.9 Å². The number of alkyl halides is 3. The van der Waals surface area contributed by atoms with Crippen LogP contribution in [0.5, 0.6) is 5.75 Å². The second kappa shape index (κ2) is 7.83. The molecule has 1 N–H and O–H groups in total. The standard InChI is InChI=1S/C21H19F3N5O2/c22-21(23,24)18-9-14-19(26-12-27-20(14)28-18)25-10-15-13-3-1-2-4-17(13)31-11-16(15)29-5-7-30-8-6-29/h1-4,9,12,15-16H,5-8,11H2,(H,26,27,28)/q+1/t15?,16-/m0/s1. The summed E-state index contributed by atoms with van der Waals surface area (Å²) in [6.45, 7) is 3.26. The van der Waals surface area contributed by atoms with Crippen LogP contribution in [0.1, 0.15) is 17.2 Å². The Kier molecular flexibility index (Phi) is 5.00. The van der Waals surface area contributed by atoms with Crippen LogP contribution < -0.4 is 4.74 Å². The summed E-state index contributed by atoms with van der Waals surface area (Å²) in [6.07, 6.45) is -3.32. The van der Waals surface area contributed by atoms with Crippen molar-refractivity contribution in [2.45, 2.75) is 18.1 Å². The molecule has 0 bridgehead atoms. The van der Waals surface area contributed by atoms with Crippen LogP contribution >= 0.6 is 0 Å². The predicted molar refractivity (Wildman–Crippen MR) is 107 cm³/mol. The molecule has 0 radical (unpaired) electrons. The van der Waals surface area contributed by atoms with Gasteiger partial charge in [0, 0.05) is 18.7 Å². The van der Waals surface area contributed by atoms with E-state index in [2.05, 4.69) is 30.8 Å². The first kappa shape index (κ1) is 19.8. The van der Waals surface area contributed by atoms with Gasteiger partial charge in [-0.2, -0.15) is 23.0 Å². The van der Waals surface area contributed by atoms with Crippen LogP contribution in [-0.4, -0.2) is 58.8 Å². The molecule has 1 fully saturated rings. The Morgan fingerprint density at radius 3 is 2.77 bits per heavy atom. The van der Waals surface area contributed by atoms with Crippen molar-refractivity contribution in [2.24, 2.45) is 0 Å². The summed E-state index contributed by atoms with van der Waals surface area (Å²) in [5.41, 5.74) is 0.131. The van der Waals surface area contributed by atoms with Crippen molar-refractivity contribution in [3.8, 4) is 11.8 Å². The van der Waals surface area contributed by atoms with Gasteiger partial charge in [-0.1, -0.05) is 18.2 Å². The number of fused-ring (bicyclic) bond motifs is 2. The highest BCUT2D eigenvalue weighted by atomic mass is 19.4. The van der Waals surface area contributed by atoms with Gasteiger partial charge in [0.2, 0.25) is 6.33 Å². The molecule has 0 saturated carbocycles. The summed E-state index contributed by atoms with van der Waals surface area (Å²) < 4.78 is 50.7. The zero-order valence-corrected chi connectivity index (χ0v) is 16.4. The predicted octanol–water partition coefficient (Wildman–Crippen LogP) is 3.82. The van der Waals surface area contributed by atoms with Crippen LogP contribution in [0.2, 0.25) is 0 Å². The monoisotopic (exact) mass is 430 g/mol. The molecule has 1 saturated heterocycles. The number of H-pyrrole nitrogens is 1. The van der Waals surface area contributed by atoms with Gasteiger partial charge >= 0.3 is 12.0 Å². The lowest BCUT2D eigenvalue weighted by atomic mass is 9.89. The van der Waals surface area contributed by atoms with Gasteiger partial charge in [0.1, 0.15) is 29.4 Å². The molecular weight excluding hydrogens is 411 g/mol. The number of nitrogens with one attached hydrogen (secondary N) is 1. The summed E-state index contributed by atoms with van der Waals surface area (Å²) in [4.78, 5) is 16.9. The third kappa shape index (κ3) is 3.82. The number of aromatic amines is 1. The molecule has 2 aliphatic heterocycles. The van der Waals surface area contributed by atoms with E-state index >= 15 is 0 Å². The number of rotatable bonds is 1. The van der Waals surface area contributed by atoms with Crippen molar-refractivity contribution in [1.29, 1.82) is 0 Å². The summed E-state index contributed by atoms with van der Waals surface area (Å²) in [7, 11) is 0. The molecule has 2 aromatic heterocycles. The topological polar surface area (TPSA) is 67.6 Å². The van der Waals surface area contributed by atoms with Crippen LogP contribution in [-0.2, 0) is 10.9 Å². The first-order valence-electron chi connectivity index (χ1n) is 9.91. The van der Waals surface area contributed by atoms with Gasteiger partial charge in [-0.25, -0.2) is 0 Å². The Morgan fingerprint density at radius 1 is 1.16 bits per heavy atom. The maximum absolute atomic E-state index is 13.1. The smallest absolute Gasteiger partial charge is 0.438 e. The van der Waals surface area contributed by atoms with Crippen LogP contribution in [0, 0.1) is 6.07 Å². The fraction of sp³-hybridized carbons (Fsp3) is 0.381. The highest BCUT2D eigenvalue weighted by molar-refractivity contribution is 5.88. The zero-order valence-electron chi connectivity index (χ0n) is 16.4. The molecule has 0 spiro atoms. The molecule has 7 nitrogen and oxygen atoms in total. The fourth-order valence-electron chi connectivity index (χ4n) is 4.03. The number of nitrogens with zero attached hydrogens (tertiary/aromatic N) is 4. The molecule has 0 aliphatic carbocycles. The average molecular weight is 430 g/mol. The molecule has 10 heteroatoms. The molecule has 4 heterocycles. The van der Waals surface area contributed by atoms with E-state index in [-0.39, 0.29) is 28.8 Å². The molecule has 160 valence electrons. The van der Waals surface area contributed by atoms with Crippen LogP contribution in [0.15, 0.2) is 36.7 Å². The number of ether oxygens (including phenoxy) is 2. The van der Waals surface area contributed by atoms with Crippen molar-refractivity contribution in [3.05, 3.63) is 52.8 Å². The SMILES string of the molecule is FC(F)(F)c1cc2c([N+]#CC3c4ccccc4OC[C@@H]3N3CCOCC3)ncnc2[nH]1. The first-order valence-corrected chi connectivity index (χ1v) is 9.91. The lowest BCUT2D eigenvalue weighted by Crippen LogP contribution is -2.50. The zero-order chi connectivity index (χ0) is 21.4. The molecule has 3 aromatic rings. The minimum atomic E-state index is -4.51. The van der Waals surface area contributed by atoms with E-state index < -0.39 is 11.9 Å². The third-order valence-electron chi connectivity index (χ3n) is 5.58. The van der Waals surface area contributed by atoms with Crippen LogP contribution in [0.25, 0.3) is 15.9 Å². The van der Waals surface area contributed by atoms with Gasteiger partial charge in [-0.15, -0.1) is 0 Å². The number of benzene rings is 1. The number of morpholine rings is 1. The van der Waals surface area contributed by atoms with Gasteiger partial charge in [-0.05, 0) is 17.1 Å². The highest BCUT2D eigenvalue weighted by Crippen LogP contribution is 2.37. The Bertz CT molecular complexity index is 1160. The lowest BCUT2D eigenvalue weighted by Gasteiger charge is -2.39. The molecular formula is C21H19F3N5O2+. The first-order chi connectivity index (χ1) is 15.0. The maximum atomic E-state index is 13.1. The summed E-state index contributed by atoms with van der Waals surface area (Å²) in [6, 6.07) is 11.8. The average Bonchev–Trinajstić information content (AvgIpc) is 3.24. The molecule has 2 aliphatic rings. The number of aromatic nitrogens is 3. The minimum Gasteiger partial charge on any atom is -0.492 e. The van der Waals surface area contributed by atoms with E-state index in [1.165, 1.54) is 6.33 Å². The molecule has 31 heavy (non-hydrogen) atoms. The van der Waals surface area contributed by atoms with Gasteiger partial charge in [-0.3, -0.25) is 4.90 Å². The van der Waals surface area contributed by atoms with E-state index in [1.54, 1.807) is 0 Å². The Labute approximate surface area is 175 Å². The number of halogens is 3. The van der Waals surface area contributed by atoms with E-state index in [0.717, 1.165) is 30.5 Å². The van der Waals surface area contributed by atoms with Crippen molar-refractivity contribution >= 4 is 16.9 Å². The third-order valence-corrected chi connectivity index (χ3v) is 5.58. The summed E-state index contributed by atoms with van der Waals surface area (Å²) in [5, 5.41) is 0.200. The van der Waals surface area contributed by atoms with E-state index in [0.29, 0.717) is 19.8 Å². The van der Waals surface area contributed by atoms with Gasteiger partial charge in [0.25, 0.3) is 0 Å². The highest BCUT2D eigenvalue weighted by Gasteiger charge is 2.37. The van der Waals surface area contributed by atoms with E-state index in [4.69, 9.17) is 9.47 Å². The number of hydrogen-bond acceptors (Lipinski definition) is 5. The molecule has 0 amide bonds. The van der Waals surface area contributed by atoms with E-state index in [9.17, 15) is 13.2 Å². The quantitative estimate of drug-likeness (QED) is 0.636. The van der Waals surface area contributed by atoms with Crippen molar-refractivity contribution < 1.29 is 22.6 Å². The Balaban J connectivity index is 1.55. The van der Waals surface area contributed by atoms with Crippen molar-refractivity contribution in [3.63, 3.8) is 0 Å².